The molecule has 4 rings (SSSR count). The number of ether oxygens (including phenoxy) is 2. The zero-order chi connectivity index (χ0) is 25.2. The van der Waals surface area contributed by atoms with Crippen molar-refractivity contribution < 1.29 is 31.8 Å². The molecule has 0 aliphatic carbocycles. The van der Waals surface area contributed by atoms with E-state index in [4.69, 9.17) is 25.3 Å². The molecule has 1 aliphatic heterocycles. The molecule has 0 radical (unpaired) electrons. The van der Waals surface area contributed by atoms with Crippen molar-refractivity contribution in [1.29, 1.82) is 0 Å². The molecule has 3 aromatic carbocycles. The number of non-ortho nitro benzene ring substituents is 1. The number of cyclic esters (lactones) is 1. The summed E-state index contributed by atoms with van der Waals surface area (Å²) in [4.78, 5) is 26.3. The van der Waals surface area contributed by atoms with Gasteiger partial charge in [-0.15, -0.1) is 0 Å². The van der Waals surface area contributed by atoms with Crippen LogP contribution in [-0.2, 0) is 19.6 Å². The summed E-state index contributed by atoms with van der Waals surface area (Å²) in [5, 5.41) is 11.3. The van der Waals surface area contributed by atoms with E-state index in [1.807, 2.05) is 0 Å². The zero-order valence-corrected chi connectivity index (χ0v) is 19.4. The maximum absolute atomic E-state index is 12.6. The highest BCUT2D eigenvalue weighted by Gasteiger charge is 2.26. The summed E-state index contributed by atoms with van der Waals surface area (Å²) < 4.78 is 40.9. The molecule has 178 valence electrons. The van der Waals surface area contributed by atoms with Gasteiger partial charge in [0.05, 0.1) is 22.6 Å². The van der Waals surface area contributed by atoms with E-state index in [2.05, 4.69) is 4.99 Å². The van der Waals surface area contributed by atoms with Crippen molar-refractivity contribution in [3.8, 4) is 11.5 Å². The number of aliphatic imine (C=N–C) groups is 1. The predicted octanol–water partition coefficient (Wildman–Crippen LogP) is 4.37. The first-order chi connectivity index (χ1) is 16.7. The van der Waals surface area contributed by atoms with E-state index in [-0.39, 0.29) is 23.1 Å². The number of nitro groups is 1. The third kappa shape index (κ3) is 5.15. The van der Waals surface area contributed by atoms with Crippen LogP contribution in [0.4, 0.5) is 5.69 Å². The number of benzene rings is 3. The second kappa shape index (κ2) is 9.57. The van der Waals surface area contributed by atoms with Gasteiger partial charge < -0.3 is 13.7 Å². The quantitative estimate of drug-likeness (QED) is 0.149. The number of esters is 1. The number of rotatable bonds is 7. The first-order valence-corrected chi connectivity index (χ1v) is 11.6. The van der Waals surface area contributed by atoms with Crippen LogP contribution in [0.15, 0.2) is 82.3 Å². The van der Waals surface area contributed by atoms with Gasteiger partial charge in [0, 0.05) is 12.1 Å². The fourth-order valence-electron chi connectivity index (χ4n) is 3.08. The second-order valence-electron chi connectivity index (χ2n) is 7.02. The van der Waals surface area contributed by atoms with E-state index in [1.54, 1.807) is 24.3 Å². The minimum Gasteiger partial charge on any atom is -0.493 e. The number of nitrogens with zero attached hydrogens (tertiary/aromatic N) is 2. The lowest BCUT2D eigenvalue weighted by molar-refractivity contribution is -0.385. The number of hydrogen-bond acceptors (Lipinski definition) is 9. The molecule has 0 fully saturated rings. The van der Waals surface area contributed by atoms with Gasteiger partial charge in [-0.1, -0.05) is 35.9 Å². The molecule has 35 heavy (non-hydrogen) atoms. The molecule has 0 N–H and O–H groups in total. The van der Waals surface area contributed by atoms with Gasteiger partial charge in [0.15, 0.2) is 17.2 Å². The molecule has 0 bridgehead atoms. The average Bonchev–Trinajstić information content (AvgIpc) is 3.19. The van der Waals surface area contributed by atoms with Crippen LogP contribution in [0.25, 0.3) is 6.08 Å². The predicted molar refractivity (Wildman–Crippen MR) is 126 cm³/mol. The number of methoxy groups -OCH3 is 1. The number of carbonyl (C=O) groups is 1. The van der Waals surface area contributed by atoms with Gasteiger partial charge >= 0.3 is 16.1 Å². The highest BCUT2D eigenvalue weighted by molar-refractivity contribution is 7.87. The van der Waals surface area contributed by atoms with Gasteiger partial charge in [-0.05, 0) is 42.0 Å². The maximum atomic E-state index is 12.6. The fraction of sp³-hybridized carbons (Fsp3) is 0.0435. The maximum Gasteiger partial charge on any atom is 0.363 e. The zero-order valence-electron chi connectivity index (χ0n) is 17.9. The standard InChI is InChI=1S/C23H15ClN2O8S/c1-32-21-12-14(11-19-23(27)33-22(25-19)17-7-2-3-8-18(17)24)9-10-20(21)34-35(30,31)16-6-4-5-15(13-16)26(28)29/h2-13H,1H3/b19-11+. The van der Waals surface area contributed by atoms with Crippen molar-refractivity contribution in [3.63, 3.8) is 0 Å². The molecule has 0 unspecified atom stereocenters. The van der Waals surface area contributed by atoms with Crippen LogP contribution < -0.4 is 8.92 Å². The van der Waals surface area contributed by atoms with Crippen LogP contribution >= 0.6 is 11.6 Å². The molecule has 0 atom stereocenters. The summed E-state index contributed by atoms with van der Waals surface area (Å²) in [7, 11) is -3.09. The second-order valence-corrected chi connectivity index (χ2v) is 8.97. The first-order valence-electron chi connectivity index (χ1n) is 9.82. The molecule has 0 saturated carbocycles. The Morgan fingerprint density at radius 2 is 1.83 bits per heavy atom. The summed E-state index contributed by atoms with van der Waals surface area (Å²) in [5.41, 5.74) is 0.500. The molecule has 0 spiro atoms. The van der Waals surface area contributed by atoms with E-state index in [0.29, 0.717) is 16.1 Å². The summed E-state index contributed by atoms with van der Waals surface area (Å²) >= 11 is 6.13. The number of carbonyl (C=O) groups excluding carboxylic acids is 1. The van der Waals surface area contributed by atoms with Crippen LogP contribution in [0.2, 0.25) is 5.02 Å². The Balaban J connectivity index is 1.62. The van der Waals surface area contributed by atoms with Crippen LogP contribution in [0.1, 0.15) is 11.1 Å². The van der Waals surface area contributed by atoms with Gasteiger partial charge in [-0.2, -0.15) is 8.42 Å². The normalized spacial score (nSPS) is 14.4. The lowest BCUT2D eigenvalue weighted by Crippen LogP contribution is -2.10. The Bertz CT molecular complexity index is 1520. The lowest BCUT2D eigenvalue weighted by Gasteiger charge is -2.11. The number of halogens is 1. The van der Waals surface area contributed by atoms with Crippen molar-refractivity contribution in [3.05, 3.63) is 98.7 Å². The van der Waals surface area contributed by atoms with Crippen molar-refractivity contribution in [2.75, 3.05) is 7.11 Å². The van der Waals surface area contributed by atoms with E-state index >= 15 is 0 Å². The smallest absolute Gasteiger partial charge is 0.363 e. The van der Waals surface area contributed by atoms with Gasteiger partial charge in [0.1, 0.15) is 4.90 Å². The van der Waals surface area contributed by atoms with Crippen LogP contribution in [0, 0.1) is 10.1 Å². The van der Waals surface area contributed by atoms with E-state index in [0.717, 1.165) is 12.1 Å². The molecule has 0 saturated heterocycles. The third-order valence-electron chi connectivity index (χ3n) is 4.73. The summed E-state index contributed by atoms with van der Waals surface area (Å²) in [6.45, 7) is 0. The third-order valence-corrected chi connectivity index (χ3v) is 6.29. The van der Waals surface area contributed by atoms with E-state index in [9.17, 15) is 23.3 Å². The van der Waals surface area contributed by atoms with E-state index in [1.165, 1.54) is 43.5 Å². The highest BCUT2D eigenvalue weighted by atomic mass is 35.5. The Labute approximate surface area is 204 Å². The van der Waals surface area contributed by atoms with E-state index < -0.39 is 31.6 Å². The Kier molecular flexibility index (Phi) is 6.54. The average molecular weight is 515 g/mol. The van der Waals surface area contributed by atoms with Gasteiger partial charge in [-0.3, -0.25) is 10.1 Å². The molecule has 0 amide bonds. The fourth-order valence-corrected chi connectivity index (χ4v) is 4.28. The molecule has 1 heterocycles. The topological polar surface area (TPSA) is 134 Å². The molecule has 3 aromatic rings. The lowest BCUT2D eigenvalue weighted by atomic mass is 10.1. The largest absolute Gasteiger partial charge is 0.493 e. The number of hydrogen-bond donors (Lipinski definition) is 0. The molecule has 1 aliphatic rings. The summed E-state index contributed by atoms with van der Waals surface area (Å²) in [5.74, 6) is -0.750. The van der Waals surface area contributed by atoms with Crippen molar-refractivity contribution >= 4 is 45.3 Å². The number of nitro benzene ring substituents is 1. The SMILES string of the molecule is COc1cc(/C=C2/N=C(c3ccccc3Cl)OC2=O)ccc1OS(=O)(=O)c1cccc([N+](=O)[O-])c1. The molecule has 10 nitrogen and oxygen atoms in total. The Hall–Kier alpha value is -4.22. The minimum absolute atomic E-state index is 0.000132. The molecular formula is C23H15ClN2O8S. The van der Waals surface area contributed by atoms with Crippen LogP contribution in [0.5, 0.6) is 11.5 Å². The molecular weight excluding hydrogens is 500 g/mol. The van der Waals surface area contributed by atoms with Gasteiger partial charge in [0.25, 0.3) is 5.69 Å². The Morgan fingerprint density at radius 3 is 2.54 bits per heavy atom. The van der Waals surface area contributed by atoms with Gasteiger partial charge in [0.2, 0.25) is 5.90 Å². The monoisotopic (exact) mass is 514 g/mol. The van der Waals surface area contributed by atoms with Crippen LogP contribution in [-0.4, -0.2) is 32.3 Å². The summed E-state index contributed by atoms with van der Waals surface area (Å²) in [6, 6.07) is 15.4. The van der Waals surface area contributed by atoms with Crippen molar-refractivity contribution in [1.82, 2.24) is 0 Å². The molecule has 12 heteroatoms. The van der Waals surface area contributed by atoms with Crippen molar-refractivity contribution in [2.24, 2.45) is 4.99 Å². The first kappa shape index (κ1) is 23.9. The minimum atomic E-state index is -4.40. The highest BCUT2D eigenvalue weighted by Crippen LogP contribution is 2.33. The van der Waals surface area contributed by atoms with Crippen molar-refractivity contribution in [2.45, 2.75) is 4.90 Å². The van der Waals surface area contributed by atoms with Gasteiger partial charge in [-0.25, -0.2) is 9.79 Å². The van der Waals surface area contributed by atoms with Crippen LogP contribution in [0.3, 0.4) is 0 Å². The molecule has 0 aromatic heterocycles. The summed E-state index contributed by atoms with van der Waals surface area (Å²) in [6.07, 6.45) is 1.42. The Morgan fingerprint density at radius 1 is 1.06 bits per heavy atom.